The van der Waals surface area contributed by atoms with E-state index in [4.69, 9.17) is 5.84 Å². The van der Waals surface area contributed by atoms with Gasteiger partial charge in [0.05, 0.1) is 16.2 Å². The summed E-state index contributed by atoms with van der Waals surface area (Å²) in [6, 6.07) is 7.36. The van der Waals surface area contributed by atoms with Gasteiger partial charge in [-0.05, 0) is 23.8 Å². The molecule has 0 fully saturated rings. The van der Waals surface area contributed by atoms with E-state index in [9.17, 15) is 14.9 Å². The first-order valence-corrected chi connectivity index (χ1v) is 6.04. The highest BCUT2D eigenvalue weighted by Crippen LogP contribution is 2.21. The highest BCUT2D eigenvalue weighted by molar-refractivity contribution is 6.00. The van der Waals surface area contributed by atoms with Crippen molar-refractivity contribution in [3.63, 3.8) is 0 Å². The number of hydrogen-bond donors (Lipinski definition) is 3. The van der Waals surface area contributed by atoms with Gasteiger partial charge in [-0.25, -0.2) is 0 Å². The minimum absolute atomic E-state index is 0.112. The van der Waals surface area contributed by atoms with Gasteiger partial charge in [0.25, 0.3) is 11.6 Å². The Morgan fingerprint density at radius 2 is 2.00 bits per heavy atom. The van der Waals surface area contributed by atoms with Crippen molar-refractivity contribution >= 4 is 17.3 Å². The fraction of sp³-hybridized carbons (Fsp3) is 0.0769. The van der Waals surface area contributed by atoms with Gasteiger partial charge in [-0.2, -0.15) is 0 Å². The summed E-state index contributed by atoms with van der Waals surface area (Å²) in [6.45, 7) is 0.286. The lowest BCUT2D eigenvalue weighted by Gasteiger charge is -2.09. The molecule has 0 saturated heterocycles. The van der Waals surface area contributed by atoms with Crippen LogP contribution in [0.2, 0.25) is 0 Å². The van der Waals surface area contributed by atoms with Crippen LogP contribution in [0.1, 0.15) is 15.9 Å². The number of nitrogens with two attached hydrogens (primary N) is 1. The van der Waals surface area contributed by atoms with Crippen LogP contribution in [-0.4, -0.2) is 15.8 Å². The van der Waals surface area contributed by atoms with E-state index in [0.29, 0.717) is 5.69 Å². The van der Waals surface area contributed by atoms with Crippen molar-refractivity contribution < 1.29 is 9.72 Å². The molecule has 0 aliphatic heterocycles. The molecule has 2 rings (SSSR count). The van der Waals surface area contributed by atoms with Crippen molar-refractivity contribution in [1.29, 1.82) is 0 Å². The molecule has 0 spiro atoms. The average Bonchev–Trinajstić information content (AvgIpc) is 2.52. The molecular formula is C13H13N5O3. The number of anilines is 1. The number of pyridine rings is 1. The minimum Gasteiger partial charge on any atom is -0.348 e. The van der Waals surface area contributed by atoms with Crippen LogP contribution in [-0.2, 0) is 6.54 Å². The summed E-state index contributed by atoms with van der Waals surface area (Å²) >= 11 is 0. The van der Waals surface area contributed by atoms with Gasteiger partial charge in [-0.1, -0.05) is 0 Å². The normalized spacial score (nSPS) is 9.95. The summed E-state index contributed by atoms with van der Waals surface area (Å²) in [6.07, 6.45) is 3.23. The van der Waals surface area contributed by atoms with Crippen LogP contribution in [0.15, 0.2) is 42.7 Å². The Morgan fingerprint density at radius 3 is 2.62 bits per heavy atom. The molecule has 0 aliphatic rings. The molecule has 4 N–H and O–H groups in total. The number of hydrogen-bond acceptors (Lipinski definition) is 6. The third-order valence-electron chi connectivity index (χ3n) is 2.82. The number of aromatic nitrogens is 1. The highest BCUT2D eigenvalue weighted by atomic mass is 16.6. The van der Waals surface area contributed by atoms with Crippen molar-refractivity contribution in [2.75, 3.05) is 5.43 Å². The van der Waals surface area contributed by atoms with E-state index in [-0.39, 0.29) is 17.8 Å². The number of nitro groups is 1. The Bertz CT molecular complexity index is 660. The maximum Gasteiger partial charge on any atom is 0.270 e. The van der Waals surface area contributed by atoms with E-state index in [1.807, 2.05) is 0 Å². The second-order valence-corrected chi connectivity index (χ2v) is 4.17. The molecule has 0 aliphatic carbocycles. The molecule has 0 bridgehead atoms. The number of rotatable bonds is 5. The standard InChI is InChI=1S/C13H13N5O3/c14-17-12-2-1-10(18(20)21)7-11(12)13(19)16-8-9-3-5-15-6-4-9/h1-7,17H,8,14H2,(H,16,19). The number of nitrogens with one attached hydrogen (secondary N) is 2. The Labute approximate surface area is 120 Å². The zero-order valence-electron chi connectivity index (χ0n) is 10.9. The molecule has 108 valence electrons. The first kappa shape index (κ1) is 14.4. The summed E-state index contributed by atoms with van der Waals surface area (Å²) in [5.74, 6) is 4.86. The molecule has 21 heavy (non-hydrogen) atoms. The van der Waals surface area contributed by atoms with Crippen molar-refractivity contribution in [3.05, 3.63) is 64.0 Å². The topological polar surface area (TPSA) is 123 Å². The average molecular weight is 287 g/mol. The van der Waals surface area contributed by atoms with Gasteiger partial charge in [0.15, 0.2) is 0 Å². The molecule has 0 radical (unpaired) electrons. The second-order valence-electron chi connectivity index (χ2n) is 4.17. The second kappa shape index (κ2) is 6.44. The molecule has 2 aromatic rings. The summed E-state index contributed by atoms with van der Waals surface area (Å²) in [7, 11) is 0. The van der Waals surface area contributed by atoms with E-state index >= 15 is 0 Å². The van der Waals surface area contributed by atoms with Crippen LogP contribution in [0.3, 0.4) is 0 Å². The first-order valence-electron chi connectivity index (χ1n) is 6.04. The fourth-order valence-electron chi connectivity index (χ4n) is 1.74. The van der Waals surface area contributed by atoms with Gasteiger partial charge < -0.3 is 10.7 Å². The number of carbonyl (C=O) groups is 1. The molecule has 8 nitrogen and oxygen atoms in total. The van der Waals surface area contributed by atoms with Gasteiger partial charge >= 0.3 is 0 Å². The van der Waals surface area contributed by atoms with Crippen molar-refractivity contribution in [2.45, 2.75) is 6.54 Å². The number of non-ortho nitro benzene ring substituents is 1. The lowest BCUT2D eigenvalue weighted by Crippen LogP contribution is -2.25. The number of hydrazine groups is 1. The maximum absolute atomic E-state index is 12.1. The van der Waals surface area contributed by atoms with Crippen molar-refractivity contribution in [1.82, 2.24) is 10.3 Å². The number of amides is 1. The van der Waals surface area contributed by atoms with Gasteiger partial charge in [0.2, 0.25) is 0 Å². The summed E-state index contributed by atoms with van der Waals surface area (Å²) in [5.41, 5.74) is 3.46. The lowest BCUT2D eigenvalue weighted by atomic mass is 10.1. The molecule has 1 amide bonds. The van der Waals surface area contributed by atoms with Gasteiger partial charge in [0.1, 0.15) is 0 Å². The predicted octanol–water partition coefficient (Wildman–Crippen LogP) is 1.21. The largest absolute Gasteiger partial charge is 0.348 e. The quantitative estimate of drug-likeness (QED) is 0.431. The number of nitro benzene ring substituents is 1. The molecule has 1 heterocycles. The Balaban J connectivity index is 2.17. The van der Waals surface area contributed by atoms with Crippen LogP contribution in [0.4, 0.5) is 11.4 Å². The lowest BCUT2D eigenvalue weighted by molar-refractivity contribution is -0.384. The van der Waals surface area contributed by atoms with Gasteiger partial charge in [-0.15, -0.1) is 0 Å². The third kappa shape index (κ3) is 3.51. The highest BCUT2D eigenvalue weighted by Gasteiger charge is 2.16. The van der Waals surface area contributed by atoms with Gasteiger partial charge in [-0.3, -0.25) is 25.7 Å². The maximum atomic E-state index is 12.1. The molecule has 1 aromatic carbocycles. The Kier molecular flexibility index (Phi) is 4.42. The molecule has 0 atom stereocenters. The van der Waals surface area contributed by atoms with Crippen LogP contribution >= 0.6 is 0 Å². The molecule has 0 unspecified atom stereocenters. The SMILES string of the molecule is NNc1ccc([N+](=O)[O-])cc1C(=O)NCc1ccncc1. The number of nitrogens with zero attached hydrogens (tertiary/aromatic N) is 2. The Morgan fingerprint density at radius 1 is 1.29 bits per heavy atom. The summed E-state index contributed by atoms with van der Waals surface area (Å²) in [5, 5.41) is 13.4. The summed E-state index contributed by atoms with van der Waals surface area (Å²) in [4.78, 5) is 26.2. The first-order chi connectivity index (χ1) is 10.1. The van der Waals surface area contributed by atoms with Crippen molar-refractivity contribution in [2.24, 2.45) is 5.84 Å². The number of nitrogen functional groups attached to an aromatic ring is 1. The number of carbonyl (C=O) groups excluding carboxylic acids is 1. The van der Waals surface area contributed by atoms with E-state index < -0.39 is 10.8 Å². The minimum atomic E-state index is -0.570. The number of benzene rings is 1. The zero-order chi connectivity index (χ0) is 15.2. The monoisotopic (exact) mass is 287 g/mol. The van der Waals surface area contributed by atoms with E-state index in [2.05, 4.69) is 15.7 Å². The van der Waals surface area contributed by atoms with Gasteiger partial charge in [0, 0.05) is 31.1 Å². The predicted molar refractivity (Wildman–Crippen MR) is 76.3 cm³/mol. The third-order valence-corrected chi connectivity index (χ3v) is 2.82. The summed E-state index contributed by atoms with van der Waals surface area (Å²) < 4.78 is 0. The van der Waals surface area contributed by atoms with E-state index in [1.54, 1.807) is 24.5 Å². The van der Waals surface area contributed by atoms with Crippen LogP contribution in [0, 0.1) is 10.1 Å². The van der Waals surface area contributed by atoms with Crippen molar-refractivity contribution in [3.8, 4) is 0 Å². The zero-order valence-corrected chi connectivity index (χ0v) is 10.9. The molecule has 8 heteroatoms. The molecule has 1 aromatic heterocycles. The van der Waals surface area contributed by atoms with E-state index in [1.165, 1.54) is 18.2 Å². The van der Waals surface area contributed by atoms with Crippen LogP contribution < -0.4 is 16.6 Å². The molecule has 0 saturated carbocycles. The molecular weight excluding hydrogens is 274 g/mol. The van der Waals surface area contributed by atoms with Crippen LogP contribution in [0.5, 0.6) is 0 Å². The fourth-order valence-corrected chi connectivity index (χ4v) is 1.74. The van der Waals surface area contributed by atoms with Crippen LogP contribution in [0.25, 0.3) is 0 Å². The Hall–Kier alpha value is -3.00. The smallest absolute Gasteiger partial charge is 0.270 e. The van der Waals surface area contributed by atoms with E-state index in [0.717, 1.165) is 5.56 Å².